The normalized spacial score (nSPS) is 11.0. The first kappa shape index (κ1) is 18.9. The average Bonchev–Trinajstić information content (AvgIpc) is 2.55. The van der Waals surface area contributed by atoms with Crippen LogP contribution in [-0.2, 0) is 10.0 Å². The van der Waals surface area contributed by atoms with Gasteiger partial charge in [-0.05, 0) is 40.8 Å². The zero-order chi connectivity index (χ0) is 17.9. The number of anilines is 1. The SMILES string of the molecule is COc1cc(NS(=O)(=O)c2ccc(OC)c(I)c2)c(OC)cc1Cl. The van der Waals surface area contributed by atoms with Crippen molar-refractivity contribution in [1.29, 1.82) is 0 Å². The van der Waals surface area contributed by atoms with Gasteiger partial charge in [-0.2, -0.15) is 0 Å². The largest absolute Gasteiger partial charge is 0.496 e. The number of nitrogens with one attached hydrogen (secondary N) is 1. The molecule has 24 heavy (non-hydrogen) atoms. The molecule has 0 bridgehead atoms. The van der Waals surface area contributed by atoms with E-state index in [1.54, 1.807) is 6.07 Å². The molecule has 2 aromatic carbocycles. The molecule has 0 saturated carbocycles. The second-order valence-corrected chi connectivity index (χ2v) is 7.84. The van der Waals surface area contributed by atoms with Crippen LogP contribution in [0.1, 0.15) is 0 Å². The molecular weight excluding hydrogens is 469 g/mol. The molecule has 9 heteroatoms. The molecule has 2 aromatic rings. The Labute approximate surface area is 159 Å². The molecule has 0 amide bonds. The molecule has 0 saturated heterocycles. The Morgan fingerprint density at radius 1 is 0.958 bits per heavy atom. The summed E-state index contributed by atoms with van der Waals surface area (Å²) in [4.78, 5) is 0.101. The minimum absolute atomic E-state index is 0.101. The van der Waals surface area contributed by atoms with Crippen LogP contribution in [0.3, 0.4) is 0 Å². The van der Waals surface area contributed by atoms with Crippen molar-refractivity contribution in [2.45, 2.75) is 4.90 Å². The van der Waals surface area contributed by atoms with Gasteiger partial charge in [0.2, 0.25) is 0 Å². The van der Waals surface area contributed by atoms with Gasteiger partial charge in [-0.15, -0.1) is 0 Å². The molecule has 2 rings (SSSR count). The zero-order valence-corrected chi connectivity index (χ0v) is 16.8. The smallest absolute Gasteiger partial charge is 0.262 e. The number of methoxy groups -OCH3 is 3. The number of hydrogen-bond donors (Lipinski definition) is 1. The number of sulfonamides is 1. The van der Waals surface area contributed by atoms with E-state index < -0.39 is 10.0 Å². The van der Waals surface area contributed by atoms with E-state index in [9.17, 15) is 8.42 Å². The maximum Gasteiger partial charge on any atom is 0.262 e. The fourth-order valence-electron chi connectivity index (χ4n) is 1.96. The Morgan fingerprint density at radius 3 is 2.12 bits per heavy atom. The monoisotopic (exact) mass is 483 g/mol. The van der Waals surface area contributed by atoms with Gasteiger partial charge in [-0.1, -0.05) is 11.6 Å². The Bertz CT molecular complexity index is 857. The second-order valence-electron chi connectivity index (χ2n) is 4.59. The predicted molar refractivity (Wildman–Crippen MR) is 101 cm³/mol. The summed E-state index contributed by atoms with van der Waals surface area (Å²) in [5.74, 6) is 1.22. The van der Waals surface area contributed by atoms with E-state index >= 15 is 0 Å². The lowest BCUT2D eigenvalue weighted by Crippen LogP contribution is -2.14. The van der Waals surface area contributed by atoms with Crippen molar-refractivity contribution >= 4 is 49.9 Å². The molecule has 0 aliphatic rings. The first-order valence-corrected chi connectivity index (χ1v) is 9.54. The molecule has 0 radical (unpaired) electrons. The van der Waals surface area contributed by atoms with Gasteiger partial charge < -0.3 is 14.2 Å². The summed E-state index contributed by atoms with van der Waals surface area (Å²) in [5, 5.41) is 0.316. The summed E-state index contributed by atoms with van der Waals surface area (Å²) in [6.45, 7) is 0. The minimum atomic E-state index is -3.82. The molecule has 0 atom stereocenters. The lowest BCUT2D eigenvalue weighted by molar-refractivity contribution is 0.405. The molecule has 0 aromatic heterocycles. The van der Waals surface area contributed by atoms with Gasteiger partial charge in [-0.25, -0.2) is 8.42 Å². The quantitative estimate of drug-likeness (QED) is 0.633. The highest BCUT2D eigenvalue weighted by atomic mass is 127. The van der Waals surface area contributed by atoms with Crippen molar-refractivity contribution < 1.29 is 22.6 Å². The first-order chi connectivity index (χ1) is 11.3. The van der Waals surface area contributed by atoms with E-state index in [4.69, 9.17) is 25.8 Å². The van der Waals surface area contributed by atoms with Crippen molar-refractivity contribution in [3.8, 4) is 17.2 Å². The van der Waals surface area contributed by atoms with Crippen molar-refractivity contribution in [3.63, 3.8) is 0 Å². The number of rotatable bonds is 6. The molecule has 130 valence electrons. The van der Waals surface area contributed by atoms with Gasteiger partial charge >= 0.3 is 0 Å². The maximum absolute atomic E-state index is 12.6. The maximum atomic E-state index is 12.6. The fraction of sp³-hybridized carbons (Fsp3) is 0.200. The molecule has 0 aliphatic heterocycles. The van der Waals surface area contributed by atoms with Gasteiger partial charge in [0, 0.05) is 12.1 Å². The minimum Gasteiger partial charge on any atom is -0.496 e. The molecule has 0 fully saturated rings. The van der Waals surface area contributed by atoms with Crippen LogP contribution in [0, 0.1) is 3.57 Å². The van der Waals surface area contributed by atoms with E-state index in [0.29, 0.717) is 20.1 Å². The third-order valence-electron chi connectivity index (χ3n) is 3.15. The van der Waals surface area contributed by atoms with Crippen molar-refractivity contribution in [2.75, 3.05) is 26.1 Å². The third kappa shape index (κ3) is 3.98. The fourth-order valence-corrected chi connectivity index (χ4v) is 4.22. The van der Waals surface area contributed by atoms with Crippen LogP contribution in [0.15, 0.2) is 35.2 Å². The van der Waals surface area contributed by atoms with Crippen molar-refractivity contribution in [1.82, 2.24) is 0 Å². The van der Waals surface area contributed by atoms with E-state index in [2.05, 4.69) is 4.72 Å². The van der Waals surface area contributed by atoms with Crippen LogP contribution < -0.4 is 18.9 Å². The molecule has 0 aliphatic carbocycles. The molecular formula is C15H15ClINO5S. The van der Waals surface area contributed by atoms with Gasteiger partial charge in [0.15, 0.2) is 0 Å². The average molecular weight is 484 g/mol. The van der Waals surface area contributed by atoms with Crippen LogP contribution in [0.25, 0.3) is 0 Å². The van der Waals surface area contributed by atoms with Gasteiger partial charge in [0.05, 0.1) is 40.5 Å². The van der Waals surface area contributed by atoms with Gasteiger partial charge in [-0.3, -0.25) is 4.72 Å². The number of hydrogen-bond acceptors (Lipinski definition) is 5. The van der Waals surface area contributed by atoms with Crippen molar-refractivity contribution in [3.05, 3.63) is 38.9 Å². The summed E-state index contributed by atoms with van der Waals surface area (Å²) < 4.78 is 43.8. The number of halogens is 2. The standard InChI is InChI=1S/C15H15ClINO5S/c1-21-13-5-4-9(6-11(13)17)24(19,20)18-12-8-14(22-2)10(16)7-15(12)23-3/h4-8,18H,1-3H3. The Balaban J connectivity index is 2.44. The summed E-state index contributed by atoms with van der Waals surface area (Å²) in [6, 6.07) is 7.52. The van der Waals surface area contributed by atoms with Gasteiger partial charge in [0.25, 0.3) is 10.0 Å². The van der Waals surface area contributed by atoms with Crippen molar-refractivity contribution in [2.24, 2.45) is 0 Å². The van der Waals surface area contributed by atoms with Gasteiger partial charge in [0.1, 0.15) is 17.2 Å². The van der Waals surface area contributed by atoms with Crippen LogP contribution >= 0.6 is 34.2 Å². The Hall–Kier alpha value is -1.39. The predicted octanol–water partition coefficient (Wildman–Crippen LogP) is 3.77. The molecule has 0 heterocycles. The molecule has 0 unspecified atom stereocenters. The summed E-state index contributed by atoms with van der Waals surface area (Å²) in [5.41, 5.74) is 0.226. The summed E-state index contributed by atoms with van der Waals surface area (Å²) in [7, 11) is 0.567. The molecule has 6 nitrogen and oxygen atoms in total. The lowest BCUT2D eigenvalue weighted by Gasteiger charge is -2.14. The second kappa shape index (κ2) is 7.66. The van der Waals surface area contributed by atoms with Crippen LogP contribution in [-0.4, -0.2) is 29.7 Å². The van der Waals surface area contributed by atoms with E-state index in [1.807, 2.05) is 22.6 Å². The van der Waals surface area contributed by atoms with Crippen LogP contribution in [0.2, 0.25) is 5.02 Å². The van der Waals surface area contributed by atoms with E-state index in [0.717, 1.165) is 0 Å². The highest BCUT2D eigenvalue weighted by Crippen LogP contribution is 2.37. The topological polar surface area (TPSA) is 73.9 Å². The highest BCUT2D eigenvalue weighted by Gasteiger charge is 2.19. The summed E-state index contributed by atoms with van der Waals surface area (Å²) in [6.07, 6.45) is 0. The van der Waals surface area contributed by atoms with E-state index in [1.165, 1.54) is 45.6 Å². The Morgan fingerprint density at radius 2 is 1.58 bits per heavy atom. The lowest BCUT2D eigenvalue weighted by atomic mass is 10.3. The van der Waals surface area contributed by atoms with Crippen LogP contribution in [0.4, 0.5) is 5.69 Å². The Kier molecular flexibility index (Phi) is 6.05. The first-order valence-electron chi connectivity index (χ1n) is 6.60. The molecule has 0 spiro atoms. The number of benzene rings is 2. The number of ether oxygens (including phenoxy) is 3. The third-order valence-corrected chi connectivity index (χ3v) is 5.65. The summed E-state index contributed by atoms with van der Waals surface area (Å²) >= 11 is 8.03. The van der Waals surface area contributed by atoms with Crippen LogP contribution in [0.5, 0.6) is 17.2 Å². The molecule has 1 N–H and O–H groups in total. The van der Waals surface area contributed by atoms with E-state index in [-0.39, 0.29) is 16.3 Å². The zero-order valence-electron chi connectivity index (χ0n) is 13.1. The highest BCUT2D eigenvalue weighted by molar-refractivity contribution is 14.1.